The lowest BCUT2D eigenvalue weighted by molar-refractivity contribution is -0.129. The summed E-state index contributed by atoms with van der Waals surface area (Å²) in [6.07, 6.45) is 5.98. The summed E-state index contributed by atoms with van der Waals surface area (Å²) in [6.45, 7) is 7.10. The summed E-state index contributed by atoms with van der Waals surface area (Å²) in [7, 11) is 0. The topological polar surface area (TPSA) is 94.3 Å². The van der Waals surface area contributed by atoms with Crippen LogP contribution in [0, 0.1) is 11.8 Å². The summed E-state index contributed by atoms with van der Waals surface area (Å²) < 4.78 is 0. The number of urea groups is 1. The van der Waals surface area contributed by atoms with Crippen LogP contribution in [-0.4, -0.2) is 50.3 Å². The van der Waals surface area contributed by atoms with Gasteiger partial charge < -0.3 is 26.6 Å². The molecule has 4 unspecified atom stereocenters. The van der Waals surface area contributed by atoms with Crippen LogP contribution in [0.15, 0.2) is 0 Å². The van der Waals surface area contributed by atoms with Gasteiger partial charge in [-0.05, 0) is 58.0 Å². The Kier molecular flexibility index (Phi) is 7.78. The number of carbonyl (C=O) groups excluding carboxylic acids is 2. The highest BCUT2D eigenvalue weighted by Crippen LogP contribution is 2.21. The van der Waals surface area contributed by atoms with Crippen molar-refractivity contribution in [3.05, 3.63) is 0 Å². The van der Waals surface area contributed by atoms with Gasteiger partial charge in [-0.15, -0.1) is 0 Å². The Balaban J connectivity index is 1.52. The minimum atomic E-state index is -0.190. The smallest absolute Gasteiger partial charge is 0.314 e. The highest BCUT2D eigenvalue weighted by molar-refractivity contribution is 5.81. The van der Waals surface area contributed by atoms with Gasteiger partial charge in [0.2, 0.25) is 5.91 Å². The Bertz CT molecular complexity index is 412. The number of carbonyl (C=O) groups is 2. The molecule has 2 rings (SSSR count). The van der Waals surface area contributed by atoms with E-state index in [0.717, 1.165) is 25.9 Å². The molecule has 3 amide bonds. The maximum atomic E-state index is 12.0. The zero-order chi connectivity index (χ0) is 17.4. The average Bonchev–Trinajstić information content (AvgIpc) is 2.54. The Morgan fingerprint density at radius 2 is 2.04 bits per heavy atom. The van der Waals surface area contributed by atoms with Crippen molar-refractivity contribution in [3.8, 4) is 0 Å². The average molecular weight is 339 g/mol. The molecule has 2 fully saturated rings. The lowest BCUT2D eigenvalue weighted by Gasteiger charge is -2.32. The Morgan fingerprint density at radius 1 is 1.21 bits per heavy atom. The molecule has 2 aliphatic heterocycles. The van der Waals surface area contributed by atoms with E-state index in [-0.39, 0.29) is 23.9 Å². The van der Waals surface area contributed by atoms with Crippen molar-refractivity contribution in [1.29, 1.82) is 0 Å². The number of nitrogens with one attached hydrogen (secondary N) is 5. The first kappa shape index (κ1) is 19.0. The lowest BCUT2D eigenvalue weighted by Crippen LogP contribution is -2.51. The normalized spacial score (nSPS) is 30.5. The van der Waals surface area contributed by atoms with Crippen molar-refractivity contribution in [2.24, 2.45) is 11.8 Å². The molecule has 0 radical (unpaired) electrons. The van der Waals surface area contributed by atoms with Gasteiger partial charge >= 0.3 is 6.03 Å². The van der Waals surface area contributed by atoms with Crippen molar-refractivity contribution in [1.82, 2.24) is 26.6 Å². The standard InChI is InChI=1S/C17H33N5O2/c1-12-10-13(2)22-16(23)14(12)11-21-17(24)20-9-5-8-19-15-6-3-4-7-18-15/h12-15,18-19H,3-11H2,1-2H3,(H,22,23)(H2,20,21,24). The molecule has 24 heavy (non-hydrogen) atoms. The summed E-state index contributed by atoms with van der Waals surface area (Å²) in [6, 6.07) is 0.0353. The number of hydrogen-bond donors (Lipinski definition) is 5. The minimum absolute atomic E-state index is 0.0470. The van der Waals surface area contributed by atoms with Crippen LogP contribution < -0.4 is 26.6 Å². The Morgan fingerprint density at radius 3 is 2.75 bits per heavy atom. The minimum Gasteiger partial charge on any atom is -0.353 e. The molecule has 2 heterocycles. The van der Waals surface area contributed by atoms with Crippen LogP contribution >= 0.6 is 0 Å². The van der Waals surface area contributed by atoms with Crippen LogP contribution in [0.1, 0.15) is 46.0 Å². The molecule has 0 aromatic carbocycles. The van der Waals surface area contributed by atoms with Gasteiger partial charge in [0.1, 0.15) is 0 Å². The van der Waals surface area contributed by atoms with E-state index in [1.54, 1.807) is 0 Å². The third-order valence-corrected chi connectivity index (χ3v) is 4.96. The third-order valence-electron chi connectivity index (χ3n) is 4.96. The number of piperidine rings is 2. The van der Waals surface area contributed by atoms with Crippen LogP contribution in [-0.2, 0) is 4.79 Å². The molecular formula is C17H33N5O2. The van der Waals surface area contributed by atoms with Crippen LogP contribution in [0.2, 0.25) is 0 Å². The van der Waals surface area contributed by atoms with Gasteiger partial charge in [-0.3, -0.25) is 4.79 Å². The number of rotatable bonds is 7. The van der Waals surface area contributed by atoms with E-state index in [0.29, 0.717) is 25.2 Å². The first-order chi connectivity index (χ1) is 11.6. The lowest BCUT2D eigenvalue weighted by atomic mass is 9.84. The summed E-state index contributed by atoms with van der Waals surface area (Å²) in [5.41, 5.74) is 0. The van der Waals surface area contributed by atoms with E-state index >= 15 is 0 Å². The summed E-state index contributed by atoms with van der Waals surface area (Å²) >= 11 is 0. The molecule has 5 N–H and O–H groups in total. The molecule has 138 valence electrons. The molecule has 0 aromatic rings. The molecule has 4 atom stereocenters. The van der Waals surface area contributed by atoms with Gasteiger partial charge in [0.25, 0.3) is 0 Å². The molecule has 0 saturated carbocycles. The van der Waals surface area contributed by atoms with E-state index in [4.69, 9.17) is 0 Å². The SMILES string of the molecule is CC1CC(C)C(CNC(=O)NCCCNC2CCCCN2)C(=O)N1. The molecule has 0 bridgehead atoms. The number of amides is 3. The van der Waals surface area contributed by atoms with E-state index in [2.05, 4.69) is 33.5 Å². The quantitative estimate of drug-likeness (QED) is 0.437. The molecule has 0 aliphatic carbocycles. The van der Waals surface area contributed by atoms with E-state index < -0.39 is 0 Å². The van der Waals surface area contributed by atoms with Crippen molar-refractivity contribution in [2.75, 3.05) is 26.2 Å². The molecular weight excluding hydrogens is 306 g/mol. The van der Waals surface area contributed by atoms with Crippen LogP contribution in [0.4, 0.5) is 4.79 Å². The van der Waals surface area contributed by atoms with Gasteiger partial charge in [-0.1, -0.05) is 6.92 Å². The van der Waals surface area contributed by atoms with Crippen LogP contribution in [0.5, 0.6) is 0 Å². The van der Waals surface area contributed by atoms with E-state index in [1.807, 2.05) is 6.92 Å². The highest BCUT2D eigenvalue weighted by Gasteiger charge is 2.32. The fourth-order valence-electron chi connectivity index (χ4n) is 3.54. The van der Waals surface area contributed by atoms with Crippen LogP contribution in [0.25, 0.3) is 0 Å². The van der Waals surface area contributed by atoms with Gasteiger partial charge in [-0.2, -0.15) is 0 Å². The zero-order valence-electron chi connectivity index (χ0n) is 15.0. The van der Waals surface area contributed by atoms with Crippen molar-refractivity contribution in [3.63, 3.8) is 0 Å². The predicted octanol–water partition coefficient (Wildman–Crippen LogP) is 0.526. The van der Waals surface area contributed by atoms with Gasteiger partial charge in [0.15, 0.2) is 0 Å². The van der Waals surface area contributed by atoms with Gasteiger partial charge in [0.05, 0.1) is 12.1 Å². The highest BCUT2D eigenvalue weighted by atomic mass is 16.2. The maximum absolute atomic E-state index is 12.0. The molecule has 7 nitrogen and oxygen atoms in total. The fraction of sp³-hybridized carbons (Fsp3) is 0.882. The monoisotopic (exact) mass is 339 g/mol. The Hall–Kier alpha value is -1.34. The summed E-state index contributed by atoms with van der Waals surface area (Å²) in [4.78, 5) is 23.8. The van der Waals surface area contributed by atoms with E-state index in [9.17, 15) is 9.59 Å². The molecule has 2 aliphatic rings. The summed E-state index contributed by atoms with van der Waals surface area (Å²) in [5.74, 6) is 0.206. The fourth-order valence-corrected chi connectivity index (χ4v) is 3.54. The predicted molar refractivity (Wildman–Crippen MR) is 94.5 cm³/mol. The van der Waals surface area contributed by atoms with Crippen molar-refractivity contribution >= 4 is 11.9 Å². The second kappa shape index (κ2) is 9.84. The molecule has 7 heteroatoms. The molecule has 0 aromatic heterocycles. The molecule has 0 spiro atoms. The molecule has 2 saturated heterocycles. The largest absolute Gasteiger partial charge is 0.353 e. The van der Waals surface area contributed by atoms with Crippen LogP contribution in [0.3, 0.4) is 0 Å². The third kappa shape index (κ3) is 6.28. The first-order valence-corrected chi connectivity index (χ1v) is 9.35. The van der Waals surface area contributed by atoms with Gasteiger partial charge in [0, 0.05) is 19.1 Å². The van der Waals surface area contributed by atoms with Gasteiger partial charge in [-0.25, -0.2) is 4.79 Å². The summed E-state index contributed by atoms with van der Waals surface area (Å²) in [5, 5.41) is 15.5. The first-order valence-electron chi connectivity index (χ1n) is 9.35. The Labute approximate surface area is 145 Å². The maximum Gasteiger partial charge on any atom is 0.314 e. The van der Waals surface area contributed by atoms with E-state index in [1.165, 1.54) is 19.3 Å². The van der Waals surface area contributed by atoms with Crippen molar-refractivity contribution < 1.29 is 9.59 Å². The second-order valence-electron chi connectivity index (χ2n) is 7.18. The second-order valence-corrected chi connectivity index (χ2v) is 7.18. The number of hydrogen-bond acceptors (Lipinski definition) is 4. The zero-order valence-corrected chi connectivity index (χ0v) is 15.0. The van der Waals surface area contributed by atoms with Crippen molar-refractivity contribution in [2.45, 2.75) is 58.2 Å².